The summed E-state index contributed by atoms with van der Waals surface area (Å²) in [6.45, 7) is 6.71. The molecule has 0 aliphatic heterocycles. The van der Waals surface area contributed by atoms with Crippen molar-refractivity contribution in [2.45, 2.75) is 20.4 Å². The van der Waals surface area contributed by atoms with Gasteiger partial charge in [-0.3, -0.25) is 4.79 Å². The van der Waals surface area contributed by atoms with Crippen molar-refractivity contribution in [3.8, 4) is 0 Å². The summed E-state index contributed by atoms with van der Waals surface area (Å²) in [4.78, 5) is 13.5. The predicted molar refractivity (Wildman–Crippen MR) is 65.0 cm³/mol. The minimum Gasteiger partial charge on any atom is -0.357 e. The first-order chi connectivity index (χ1) is 7.67. The Bertz CT molecular complexity index is 329. The summed E-state index contributed by atoms with van der Waals surface area (Å²) in [5.74, 6) is 0.168. The van der Waals surface area contributed by atoms with Gasteiger partial charge < -0.3 is 14.8 Å². The van der Waals surface area contributed by atoms with Gasteiger partial charge in [0.25, 0.3) is 0 Å². The molecule has 0 fully saturated rings. The van der Waals surface area contributed by atoms with E-state index in [1.807, 2.05) is 36.6 Å². The lowest BCUT2D eigenvalue weighted by atomic mass is 10.3. The van der Waals surface area contributed by atoms with Gasteiger partial charge in [0.1, 0.15) is 0 Å². The molecule has 4 nitrogen and oxygen atoms in total. The number of nitrogens with zero attached hydrogens (tertiary/aromatic N) is 2. The first-order valence-electron chi connectivity index (χ1n) is 5.76. The molecule has 16 heavy (non-hydrogen) atoms. The molecule has 0 aromatic carbocycles. The Kier molecular flexibility index (Phi) is 5.05. The van der Waals surface area contributed by atoms with E-state index in [4.69, 9.17) is 0 Å². The lowest BCUT2D eigenvalue weighted by molar-refractivity contribution is -0.129. The van der Waals surface area contributed by atoms with E-state index in [1.54, 1.807) is 0 Å². The van der Waals surface area contributed by atoms with Gasteiger partial charge in [0.15, 0.2) is 0 Å². The topological polar surface area (TPSA) is 37.3 Å². The van der Waals surface area contributed by atoms with Crippen LogP contribution < -0.4 is 5.32 Å². The summed E-state index contributed by atoms with van der Waals surface area (Å²) in [5.41, 5.74) is 1.20. The van der Waals surface area contributed by atoms with E-state index in [9.17, 15) is 4.79 Å². The predicted octanol–water partition coefficient (Wildman–Crippen LogP) is 0.983. The van der Waals surface area contributed by atoms with Gasteiger partial charge in [-0.1, -0.05) is 0 Å². The van der Waals surface area contributed by atoms with Crippen LogP contribution in [0.1, 0.15) is 19.4 Å². The van der Waals surface area contributed by atoms with Crippen LogP contribution in [-0.4, -0.2) is 35.0 Å². The van der Waals surface area contributed by atoms with E-state index in [2.05, 4.69) is 17.6 Å². The zero-order valence-corrected chi connectivity index (χ0v) is 10.4. The van der Waals surface area contributed by atoms with Crippen molar-refractivity contribution in [1.29, 1.82) is 0 Å². The first kappa shape index (κ1) is 12.8. The van der Waals surface area contributed by atoms with Crippen LogP contribution in [0.15, 0.2) is 18.5 Å². The van der Waals surface area contributed by atoms with E-state index in [0.29, 0.717) is 6.54 Å². The summed E-state index contributed by atoms with van der Waals surface area (Å²) in [5, 5.41) is 3.16. The normalized spacial score (nSPS) is 10.4. The summed E-state index contributed by atoms with van der Waals surface area (Å²) >= 11 is 0. The van der Waals surface area contributed by atoms with Gasteiger partial charge in [-0.25, -0.2) is 0 Å². The van der Waals surface area contributed by atoms with Crippen LogP contribution in [-0.2, 0) is 18.4 Å². The number of carbonyl (C=O) groups is 1. The monoisotopic (exact) mass is 223 g/mol. The van der Waals surface area contributed by atoms with Crippen LogP contribution in [0.3, 0.4) is 0 Å². The van der Waals surface area contributed by atoms with Crippen LogP contribution in [0.2, 0.25) is 0 Å². The highest BCUT2D eigenvalue weighted by atomic mass is 16.2. The molecular formula is C12H21N3O. The summed E-state index contributed by atoms with van der Waals surface area (Å²) < 4.78 is 2.00. The smallest absolute Gasteiger partial charge is 0.236 e. The zero-order valence-electron chi connectivity index (χ0n) is 10.4. The van der Waals surface area contributed by atoms with Crippen molar-refractivity contribution in [2.24, 2.45) is 7.05 Å². The molecular weight excluding hydrogens is 202 g/mol. The summed E-state index contributed by atoms with van der Waals surface area (Å²) in [7, 11) is 1.99. The SMILES string of the molecule is CCN(CC)C(=O)CNCc1ccn(C)c1. The molecule has 4 heteroatoms. The van der Waals surface area contributed by atoms with Gasteiger partial charge in [0, 0.05) is 39.1 Å². The Morgan fingerprint density at radius 3 is 2.62 bits per heavy atom. The fraction of sp³-hybridized carbons (Fsp3) is 0.583. The Labute approximate surface area is 97.2 Å². The molecule has 0 bridgehead atoms. The molecule has 0 saturated carbocycles. The van der Waals surface area contributed by atoms with E-state index in [1.165, 1.54) is 5.56 Å². The molecule has 1 N–H and O–H groups in total. The molecule has 1 amide bonds. The highest BCUT2D eigenvalue weighted by molar-refractivity contribution is 5.78. The first-order valence-corrected chi connectivity index (χ1v) is 5.76. The van der Waals surface area contributed by atoms with Crippen molar-refractivity contribution in [2.75, 3.05) is 19.6 Å². The van der Waals surface area contributed by atoms with Gasteiger partial charge in [-0.15, -0.1) is 0 Å². The molecule has 0 unspecified atom stereocenters. The molecule has 0 aliphatic rings. The quantitative estimate of drug-likeness (QED) is 0.780. The highest BCUT2D eigenvalue weighted by Gasteiger charge is 2.08. The Balaban J connectivity index is 2.27. The fourth-order valence-corrected chi connectivity index (χ4v) is 1.67. The number of aryl methyl sites for hydroxylation is 1. The lowest BCUT2D eigenvalue weighted by Gasteiger charge is -2.18. The third-order valence-corrected chi connectivity index (χ3v) is 2.61. The van der Waals surface area contributed by atoms with Crippen LogP contribution in [0.5, 0.6) is 0 Å². The van der Waals surface area contributed by atoms with Crippen molar-refractivity contribution >= 4 is 5.91 Å². The minimum absolute atomic E-state index is 0.168. The molecule has 0 atom stereocenters. The minimum atomic E-state index is 0.168. The van der Waals surface area contributed by atoms with Crippen molar-refractivity contribution in [3.05, 3.63) is 24.0 Å². The van der Waals surface area contributed by atoms with E-state index in [0.717, 1.165) is 19.6 Å². The second kappa shape index (κ2) is 6.33. The largest absolute Gasteiger partial charge is 0.357 e. The third kappa shape index (κ3) is 3.70. The number of rotatable bonds is 6. The van der Waals surface area contributed by atoms with Crippen LogP contribution in [0, 0.1) is 0 Å². The maximum absolute atomic E-state index is 11.7. The second-order valence-electron chi connectivity index (χ2n) is 3.85. The number of likely N-dealkylation sites (N-methyl/N-ethyl adjacent to an activating group) is 1. The number of hydrogen-bond donors (Lipinski definition) is 1. The zero-order chi connectivity index (χ0) is 12.0. The van der Waals surface area contributed by atoms with Gasteiger partial charge in [0.2, 0.25) is 5.91 Å². The number of carbonyl (C=O) groups excluding carboxylic acids is 1. The molecule has 0 spiro atoms. The van der Waals surface area contributed by atoms with E-state index < -0.39 is 0 Å². The molecule has 1 heterocycles. The number of amides is 1. The van der Waals surface area contributed by atoms with Crippen molar-refractivity contribution < 1.29 is 4.79 Å². The molecule has 0 radical (unpaired) electrons. The highest BCUT2D eigenvalue weighted by Crippen LogP contribution is 1.98. The van der Waals surface area contributed by atoms with Crippen LogP contribution >= 0.6 is 0 Å². The van der Waals surface area contributed by atoms with Gasteiger partial charge in [-0.2, -0.15) is 0 Å². The number of nitrogens with one attached hydrogen (secondary N) is 1. The third-order valence-electron chi connectivity index (χ3n) is 2.61. The molecule has 1 aromatic heterocycles. The van der Waals surface area contributed by atoms with E-state index in [-0.39, 0.29) is 5.91 Å². The summed E-state index contributed by atoms with van der Waals surface area (Å²) in [6.07, 6.45) is 4.05. The number of hydrogen-bond acceptors (Lipinski definition) is 2. The fourth-order valence-electron chi connectivity index (χ4n) is 1.67. The standard InChI is InChI=1S/C12H21N3O/c1-4-15(5-2)12(16)9-13-8-11-6-7-14(3)10-11/h6-7,10,13H,4-5,8-9H2,1-3H3. The Morgan fingerprint density at radius 1 is 1.44 bits per heavy atom. The molecule has 90 valence electrons. The van der Waals surface area contributed by atoms with Crippen molar-refractivity contribution in [3.63, 3.8) is 0 Å². The van der Waals surface area contributed by atoms with Crippen LogP contribution in [0.25, 0.3) is 0 Å². The maximum atomic E-state index is 11.7. The number of aromatic nitrogens is 1. The second-order valence-corrected chi connectivity index (χ2v) is 3.85. The lowest BCUT2D eigenvalue weighted by Crippen LogP contribution is -2.37. The summed E-state index contributed by atoms with van der Waals surface area (Å²) in [6, 6.07) is 2.05. The molecule has 0 aliphatic carbocycles. The Hall–Kier alpha value is -1.29. The average Bonchev–Trinajstić information content (AvgIpc) is 2.66. The average molecular weight is 223 g/mol. The molecule has 1 aromatic rings. The van der Waals surface area contributed by atoms with Crippen LogP contribution in [0.4, 0.5) is 0 Å². The van der Waals surface area contributed by atoms with E-state index >= 15 is 0 Å². The molecule has 0 saturated heterocycles. The Morgan fingerprint density at radius 2 is 2.12 bits per heavy atom. The molecule has 1 rings (SSSR count). The van der Waals surface area contributed by atoms with Gasteiger partial charge in [0.05, 0.1) is 6.54 Å². The van der Waals surface area contributed by atoms with Crippen molar-refractivity contribution in [1.82, 2.24) is 14.8 Å². The maximum Gasteiger partial charge on any atom is 0.236 e. The van der Waals surface area contributed by atoms with Gasteiger partial charge in [-0.05, 0) is 25.5 Å². The van der Waals surface area contributed by atoms with Gasteiger partial charge >= 0.3 is 0 Å².